The summed E-state index contributed by atoms with van der Waals surface area (Å²) < 4.78 is 1.65. The molecule has 0 bridgehead atoms. The van der Waals surface area contributed by atoms with E-state index >= 15 is 0 Å². The zero-order chi connectivity index (χ0) is 15.2. The van der Waals surface area contributed by atoms with E-state index in [4.69, 9.17) is 0 Å². The maximum atomic E-state index is 12.6. The van der Waals surface area contributed by atoms with E-state index in [1.807, 2.05) is 19.9 Å². The predicted octanol–water partition coefficient (Wildman–Crippen LogP) is 2.65. The zero-order valence-electron chi connectivity index (χ0n) is 13.1. The number of carbonyl (C=O) groups is 1. The van der Waals surface area contributed by atoms with E-state index in [2.05, 4.69) is 29.2 Å². The Balaban J connectivity index is 1.91. The van der Waals surface area contributed by atoms with Crippen LogP contribution in [0.4, 0.5) is 0 Å². The maximum absolute atomic E-state index is 12.6. The van der Waals surface area contributed by atoms with Gasteiger partial charge in [0.25, 0.3) is 5.91 Å². The first-order valence-electron chi connectivity index (χ1n) is 7.53. The number of hydrogen-bond donors (Lipinski definition) is 1. The first-order chi connectivity index (χ1) is 9.88. The van der Waals surface area contributed by atoms with Crippen molar-refractivity contribution < 1.29 is 4.79 Å². The second-order valence-electron chi connectivity index (χ2n) is 6.65. The Morgan fingerprint density at radius 3 is 2.71 bits per heavy atom. The monoisotopic (exact) mass is 286 g/mol. The summed E-state index contributed by atoms with van der Waals surface area (Å²) in [5.41, 5.74) is 2.64. The highest BCUT2D eigenvalue weighted by atomic mass is 16.2. The average molecular weight is 286 g/mol. The molecule has 21 heavy (non-hydrogen) atoms. The van der Waals surface area contributed by atoms with Gasteiger partial charge in [0.05, 0.1) is 17.4 Å². The zero-order valence-corrected chi connectivity index (χ0v) is 13.1. The van der Waals surface area contributed by atoms with E-state index in [1.54, 1.807) is 10.7 Å². The third-order valence-electron chi connectivity index (χ3n) is 4.59. The number of carbonyl (C=O) groups excluding carboxylic acids is 1. The van der Waals surface area contributed by atoms with Crippen molar-refractivity contribution in [2.24, 2.45) is 5.92 Å². The summed E-state index contributed by atoms with van der Waals surface area (Å²) in [5, 5.41) is 7.55. The Hall–Kier alpha value is -1.91. The van der Waals surface area contributed by atoms with Crippen LogP contribution in [0.2, 0.25) is 0 Å². The molecule has 1 saturated carbocycles. The number of rotatable bonds is 3. The highest BCUT2D eigenvalue weighted by Gasteiger charge is 2.36. The largest absolute Gasteiger partial charge is 0.344 e. The molecule has 1 amide bonds. The lowest BCUT2D eigenvalue weighted by molar-refractivity contribution is 0.0814. The predicted molar refractivity (Wildman–Crippen MR) is 81.3 cm³/mol. The van der Waals surface area contributed by atoms with Gasteiger partial charge in [0.2, 0.25) is 5.82 Å². The number of aryl methyl sites for hydroxylation is 2. The topological polar surface area (TPSA) is 59.3 Å². The van der Waals surface area contributed by atoms with Crippen molar-refractivity contribution in [3.8, 4) is 0 Å². The van der Waals surface area contributed by atoms with Gasteiger partial charge < -0.3 is 5.32 Å². The van der Waals surface area contributed by atoms with E-state index in [0.717, 1.165) is 16.8 Å². The van der Waals surface area contributed by atoms with Gasteiger partial charge in [0.15, 0.2) is 0 Å². The lowest BCUT2D eigenvalue weighted by atomic mass is 9.72. The number of aromatic nitrogens is 3. The van der Waals surface area contributed by atoms with E-state index in [0.29, 0.717) is 11.7 Å². The molecule has 0 radical (unpaired) electrons. The third kappa shape index (κ3) is 2.41. The van der Waals surface area contributed by atoms with Crippen LogP contribution in [0, 0.1) is 19.8 Å². The molecule has 2 aromatic rings. The Morgan fingerprint density at radius 1 is 1.38 bits per heavy atom. The van der Waals surface area contributed by atoms with Crippen LogP contribution < -0.4 is 5.32 Å². The van der Waals surface area contributed by atoms with E-state index < -0.39 is 0 Å². The minimum Gasteiger partial charge on any atom is -0.344 e. The summed E-state index contributed by atoms with van der Waals surface area (Å²) in [7, 11) is 0. The molecule has 5 nitrogen and oxygen atoms in total. The van der Waals surface area contributed by atoms with Crippen molar-refractivity contribution in [2.75, 3.05) is 0 Å². The molecule has 1 fully saturated rings. The molecule has 0 atom stereocenters. The molecule has 1 N–H and O–H groups in total. The van der Waals surface area contributed by atoms with Gasteiger partial charge in [0, 0.05) is 5.54 Å². The van der Waals surface area contributed by atoms with Crippen LogP contribution in [-0.4, -0.2) is 26.0 Å². The first-order valence-corrected chi connectivity index (χ1v) is 7.53. The number of amides is 1. The van der Waals surface area contributed by atoms with Crippen molar-refractivity contribution in [3.63, 3.8) is 0 Å². The molecular formula is C16H22N4O. The highest BCUT2D eigenvalue weighted by molar-refractivity contribution is 5.92. The smallest absolute Gasteiger partial charge is 0.289 e. The highest BCUT2D eigenvalue weighted by Crippen LogP contribution is 2.35. The second-order valence-corrected chi connectivity index (χ2v) is 6.65. The van der Waals surface area contributed by atoms with Crippen LogP contribution in [0.5, 0.6) is 0 Å². The Bertz CT molecular complexity index is 698. The van der Waals surface area contributed by atoms with Gasteiger partial charge in [-0.25, -0.2) is 9.50 Å². The van der Waals surface area contributed by atoms with Crippen molar-refractivity contribution in [1.82, 2.24) is 19.9 Å². The summed E-state index contributed by atoms with van der Waals surface area (Å²) in [4.78, 5) is 16.8. The number of fused-ring (bicyclic) bond motifs is 1. The molecule has 0 unspecified atom stereocenters. The molecule has 2 heterocycles. The number of nitrogens with zero attached hydrogens (tertiary/aromatic N) is 3. The molecule has 0 spiro atoms. The van der Waals surface area contributed by atoms with Crippen molar-refractivity contribution in [2.45, 2.75) is 52.5 Å². The average Bonchev–Trinajstić information content (AvgIpc) is 2.68. The van der Waals surface area contributed by atoms with Gasteiger partial charge in [-0.05, 0) is 58.1 Å². The van der Waals surface area contributed by atoms with Gasteiger partial charge in [-0.2, -0.15) is 5.10 Å². The van der Waals surface area contributed by atoms with Gasteiger partial charge in [-0.3, -0.25) is 4.79 Å². The lowest BCUT2D eigenvalue weighted by Gasteiger charge is -2.40. The second kappa shape index (κ2) is 4.83. The van der Waals surface area contributed by atoms with Gasteiger partial charge >= 0.3 is 0 Å². The number of imidazole rings is 1. The Kier molecular flexibility index (Phi) is 3.23. The number of hydrogen-bond acceptors (Lipinski definition) is 3. The third-order valence-corrected chi connectivity index (χ3v) is 4.59. The molecule has 5 heteroatoms. The Morgan fingerprint density at radius 2 is 2.10 bits per heavy atom. The van der Waals surface area contributed by atoms with Crippen LogP contribution in [0.25, 0.3) is 5.52 Å². The van der Waals surface area contributed by atoms with E-state index in [1.165, 1.54) is 19.3 Å². The van der Waals surface area contributed by atoms with E-state index in [9.17, 15) is 4.79 Å². The van der Waals surface area contributed by atoms with Crippen molar-refractivity contribution in [1.29, 1.82) is 0 Å². The summed E-state index contributed by atoms with van der Waals surface area (Å²) in [6, 6.07) is 2.00. The molecule has 112 valence electrons. The number of nitrogens with one attached hydrogen (secondary N) is 1. The standard InChI is InChI=1S/C16H22N4O/c1-10-8-11(2)19-20-13(10)9-17-14(20)15(21)18-16(3,4)12-6-5-7-12/h8-9,12H,5-7H2,1-4H3,(H,18,21). The molecule has 1 aliphatic carbocycles. The lowest BCUT2D eigenvalue weighted by Crippen LogP contribution is -2.51. The quantitative estimate of drug-likeness (QED) is 0.943. The molecule has 1 aliphatic rings. The van der Waals surface area contributed by atoms with Crippen molar-refractivity contribution >= 4 is 11.4 Å². The summed E-state index contributed by atoms with van der Waals surface area (Å²) in [6.45, 7) is 8.11. The van der Waals surface area contributed by atoms with Crippen LogP contribution in [0.3, 0.4) is 0 Å². The maximum Gasteiger partial charge on any atom is 0.289 e. The minimum atomic E-state index is -0.194. The van der Waals surface area contributed by atoms with Gasteiger partial charge in [-0.15, -0.1) is 0 Å². The minimum absolute atomic E-state index is 0.149. The fraction of sp³-hybridized carbons (Fsp3) is 0.562. The molecule has 0 aliphatic heterocycles. The molecule has 3 rings (SSSR count). The molecular weight excluding hydrogens is 264 g/mol. The Labute approximate surface area is 124 Å². The SMILES string of the molecule is Cc1cc(C)c2cnc(C(=O)NC(C)(C)C3CCC3)n2n1. The van der Waals surface area contributed by atoms with E-state index in [-0.39, 0.29) is 11.4 Å². The van der Waals surface area contributed by atoms with Gasteiger partial charge in [-0.1, -0.05) is 6.42 Å². The fourth-order valence-corrected chi connectivity index (χ4v) is 3.03. The molecule has 0 aromatic carbocycles. The van der Waals surface area contributed by atoms with Gasteiger partial charge in [0.1, 0.15) is 0 Å². The fourth-order valence-electron chi connectivity index (χ4n) is 3.03. The summed E-state index contributed by atoms with van der Waals surface area (Å²) >= 11 is 0. The van der Waals surface area contributed by atoms with Crippen LogP contribution in [-0.2, 0) is 0 Å². The normalized spacial score (nSPS) is 16.0. The molecule has 2 aromatic heterocycles. The molecule has 0 saturated heterocycles. The van der Waals surface area contributed by atoms with Crippen LogP contribution in [0.1, 0.15) is 55.0 Å². The first kappa shape index (κ1) is 14.0. The summed E-state index contributed by atoms with van der Waals surface area (Å²) in [6.07, 6.45) is 5.35. The van der Waals surface area contributed by atoms with Crippen LogP contribution >= 0.6 is 0 Å². The van der Waals surface area contributed by atoms with Crippen molar-refractivity contribution in [3.05, 3.63) is 29.3 Å². The van der Waals surface area contributed by atoms with Crippen LogP contribution in [0.15, 0.2) is 12.3 Å². The summed E-state index contributed by atoms with van der Waals surface area (Å²) in [5.74, 6) is 0.776.